The number of amides is 1. The van der Waals surface area contributed by atoms with E-state index in [9.17, 15) is 18.0 Å². The number of carbonyl (C=O) groups is 2. The number of hydrogen-bond donors (Lipinski definition) is 3. The summed E-state index contributed by atoms with van der Waals surface area (Å²) < 4.78 is 30.5. The summed E-state index contributed by atoms with van der Waals surface area (Å²) in [6.07, 6.45) is -1.22. The zero-order chi connectivity index (χ0) is 14.5. The maximum atomic E-state index is 11.5. The van der Waals surface area contributed by atoms with E-state index >= 15 is 0 Å². The van der Waals surface area contributed by atoms with Gasteiger partial charge in [0.2, 0.25) is 0 Å². The Morgan fingerprint density at radius 1 is 1.26 bits per heavy atom. The smallest absolute Gasteiger partial charge is 0.421 e. The van der Waals surface area contributed by atoms with Gasteiger partial charge in [0.1, 0.15) is 6.04 Å². The van der Waals surface area contributed by atoms with Gasteiger partial charge in [-0.05, 0) is 5.56 Å². The quantitative estimate of drug-likeness (QED) is 0.701. The predicted molar refractivity (Wildman–Crippen MR) is 64.4 cm³/mol. The monoisotopic (exact) mass is 288 g/mol. The fourth-order valence-corrected chi connectivity index (χ4v) is 2.15. The van der Waals surface area contributed by atoms with Crippen molar-refractivity contribution < 1.29 is 27.9 Å². The molecule has 3 N–H and O–H groups in total. The second-order valence-corrected chi connectivity index (χ2v) is 4.84. The van der Waals surface area contributed by atoms with Crippen LogP contribution < -0.4 is 9.44 Å². The average Bonchev–Trinajstić information content (AvgIpc) is 2.36. The number of rotatable bonds is 5. The molecule has 0 saturated carbocycles. The van der Waals surface area contributed by atoms with Gasteiger partial charge in [0.25, 0.3) is 0 Å². The third-order valence-corrected chi connectivity index (χ3v) is 3.04. The number of benzene rings is 1. The van der Waals surface area contributed by atoms with Crippen LogP contribution in [0.2, 0.25) is 0 Å². The number of methoxy groups -OCH3 is 1. The van der Waals surface area contributed by atoms with Crippen LogP contribution in [-0.4, -0.2) is 32.7 Å². The van der Waals surface area contributed by atoms with Crippen molar-refractivity contribution in [2.45, 2.75) is 6.04 Å². The molecule has 104 valence electrons. The van der Waals surface area contributed by atoms with Gasteiger partial charge in [0, 0.05) is 0 Å². The van der Waals surface area contributed by atoms with E-state index in [1.807, 2.05) is 4.72 Å². The highest BCUT2D eigenvalue weighted by atomic mass is 32.2. The first-order valence-electron chi connectivity index (χ1n) is 5.01. The van der Waals surface area contributed by atoms with E-state index in [0.29, 0.717) is 0 Å². The van der Waals surface area contributed by atoms with Crippen LogP contribution in [0.15, 0.2) is 30.3 Å². The van der Waals surface area contributed by atoms with Crippen LogP contribution in [0.25, 0.3) is 0 Å². The van der Waals surface area contributed by atoms with Crippen LogP contribution in [0.1, 0.15) is 11.6 Å². The minimum absolute atomic E-state index is 0.227. The van der Waals surface area contributed by atoms with Gasteiger partial charge in [0.05, 0.1) is 7.11 Å². The Morgan fingerprint density at radius 2 is 1.84 bits per heavy atom. The Hall–Kier alpha value is -2.13. The summed E-state index contributed by atoms with van der Waals surface area (Å²) in [6.45, 7) is 0. The first-order chi connectivity index (χ1) is 8.85. The third kappa shape index (κ3) is 4.56. The number of nitrogens with one attached hydrogen (secondary N) is 2. The summed E-state index contributed by atoms with van der Waals surface area (Å²) >= 11 is 0. The summed E-state index contributed by atoms with van der Waals surface area (Å²) in [5.41, 5.74) is 0.227. The molecule has 0 fully saturated rings. The van der Waals surface area contributed by atoms with Gasteiger partial charge in [0.15, 0.2) is 0 Å². The molecule has 0 spiro atoms. The van der Waals surface area contributed by atoms with Gasteiger partial charge >= 0.3 is 22.3 Å². The number of carboxylic acids is 1. The van der Waals surface area contributed by atoms with E-state index in [0.717, 1.165) is 7.11 Å². The second kappa shape index (κ2) is 6.16. The molecule has 1 aromatic carbocycles. The van der Waals surface area contributed by atoms with Crippen LogP contribution in [0.3, 0.4) is 0 Å². The molecule has 0 radical (unpaired) electrons. The van der Waals surface area contributed by atoms with Crippen molar-refractivity contribution in [1.29, 1.82) is 0 Å². The lowest BCUT2D eigenvalue weighted by atomic mass is 10.1. The van der Waals surface area contributed by atoms with E-state index in [1.54, 1.807) is 18.2 Å². The van der Waals surface area contributed by atoms with Crippen LogP contribution >= 0.6 is 0 Å². The maximum absolute atomic E-state index is 11.5. The van der Waals surface area contributed by atoms with Crippen molar-refractivity contribution in [3.8, 4) is 0 Å². The molecule has 19 heavy (non-hydrogen) atoms. The van der Waals surface area contributed by atoms with E-state index in [2.05, 4.69) is 4.74 Å². The first-order valence-corrected chi connectivity index (χ1v) is 6.50. The van der Waals surface area contributed by atoms with Crippen LogP contribution in [0.4, 0.5) is 4.79 Å². The van der Waals surface area contributed by atoms with Gasteiger partial charge in [-0.15, -0.1) is 0 Å². The molecule has 8 nitrogen and oxygen atoms in total. The van der Waals surface area contributed by atoms with Gasteiger partial charge in [-0.3, -0.25) is 4.79 Å². The Morgan fingerprint density at radius 3 is 2.32 bits per heavy atom. The lowest BCUT2D eigenvalue weighted by molar-refractivity contribution is -0.139. The fraction of sp³-hybridized carbons (Fsp3) is 0.200. The van der Waals surface area contributed by atoms with Crippen molar-refractivity contribution in [2.75, 3.05) is 7.11 Å². The molecule has 1 unspecified atom stereocenters. The van der Waals surface area contributed by atoms with Gasteiger partial charge in [-0.1, -0.05) is 30.3 Å². The lowest BCUT2D eigenvalue weighted by Gasteiger charge is -2.15. The molecule has 1 rings (SSSR count). The summed E-state index contributed by atoms with van der Waals surface area (Å²) in [7, 11) is -3.36. The number of aliphatic carboxylic acids is 1. The van der Waals surface area contributed by atoms with E-state index in [-0.39, 0.29) is 5.56 Å². The molecule has 9 heteroatoms. The highest BCUT2D eigenvalue weighted by Crippen LogP contribution is 2.13. The third-order valence-electron chi connectivity index (χ3n) is 2.06. The Bertz CT molecular complexity index is 557. The maximum Gasteiger partial charge on any atom is 0.421 e. The van der Waals surface area contributed by atoms with E-state index in [1.165, 1.54) is 16.9 Å². The van der Waals surface area contributed by atoms with Crippen LogP contribution in [0.5, 0.6) is 0 Å². The first kappa shape index (κ1) is 14.9. The molecule has 0 heterocycles. The van der Waals surface area contributed by atoms with Gasteiger partial charge < -0.3 is 9.84 Å². The Balaban J connectivity index is 2.92. The van der Waals surface area contributed by atoms with Gasteiger partial charge in [-0.2, -0.15) is 13.1 Å². The Labute approximate surface area is 109 Å². The summed E-state index contributed by atoms with van der Waals surface area (Å²) in [5.74, 6) is -1.40. The predicted octanol–water partition coefficient (Wildman–Crippen LogP) is 0.00270. The molecule has 0 aromatic heterocycles. The second-order valence-electron chi connectivity index (χ2n) is 3.40. The van der Waals surface area contributed by atoms with Crippen molar-refractivity contribution in [3.63, 3.8) is 0 Å². The van der Waals surface area contributed by atoms with E-state index < -0.39 is 28.3 Å². The number of carboxylic acid groups (broad SMARTS) is 1. The highest BCUT2D eigenvalue weighted by molar-refractivity contribution is 7.88. The van der Waals surface area contributed by atoms with E-state index in [4.69, 9.17) is 5.11 Å². The molecule has 1 amide bonds. The zero-order valence-electron chi connectivity index (χ0n) is 9.86. The molecule has 0 aliphatic rings. The van der Waals surface area contributed by atoms with Crippen molar-refractivity contribution in [2.24, 2.45) is 0 Å². The SMILES string of the molecule is COC(=O)NS(=O)(=O)NC(C(=O)O)c1ccccc1. The molecule has 0 bridgehead atoms. The number of carbonyl (C=O) groups excluding carboxylic acids is 1. The zero-order valence-corrected chi connectivity index (χ0v) is 10.7. The molecular formula is C10H12N2O6S. The minimum atomic E-state index is -4.34. The standard InChI is InChI=1S/C10H12N2O6S/c1-18-10(15)12-19(16,17)11-8(9(13)14)7-5-3-2-4-6-7/h2-6,8,11H,1H3,(H,12,15)(H,13,14). The largest absolute Gasteiger partial charge is 0.480 e. The molecule has 0 saturated heterocycles. The van der Waals surface area contributed by atoms with Crippen molar-refractivity contribution in [1.82, 2.24) is 9.44 Å². The van der Waals surface area contributed by atoms with Gasteiger partial charge in [-0.25, -0.2) is 9.52 Å². The van der Waals surface area contributed by atoms with Crippen LogP contribution in [-0.2, 0) is 19.7 Å². The lowest BCUT2D eigenvalue weighted by Crippen LogP contribution is -2.44. The number of hydrogen-bond acceptors (Lipinski definition) is 5. The minimum Gasteiger partial charge on any atom is -0.480 e. The topological polar surface area (TPSA) is 122 Å². The number of ether oxygens (including phenoxy) is 1. The normalized spacial score (nSPS) is 12.5. The summed E-state index contributed by atoms with van der Waals surface area (Å²) in [6, 6.07) is 6.16. The average molecular weight is 288 g/mol. The Kier molecular flexibility index (Phi) is 4.84. The highest BCUT2D eigenvalue weighted by Gasteiger charge is 2.26. The van der Waals surface area contributed by atoms with Crippen molar-refractivity contribution in [3.05, 3.63) is 35.9 Å². The molecule has 1 aromatic rings. The molecule has 1 atom stereocenters. The summed E-state index contributed by atoms with van der Waals surface area (Å²) in [4.78, 5) is 21.9. The fourth-order valence-electron chi connectivity index (χ4n) is 1.24. The molecular weight excluding hydrogens is 276 g/mol. The molecule has 0 aliphatic heterocycles. The molecule has 0 aliphatic carbocycles. The van der Waals surface area contributed by atoms with Crippen LogP contribution in [0, 0.1) is 0 Å². The van der Waals surface area contributed by atoms with Crippen molar-refractivity contribution >= 4 is 22.3 Å². The summed E-state index contributed by atoms with van der Waals surface area (Å²) in [5, 5.41) is 9.01.